The van der Waals surface area contributed by atoms with E-state index in [-0.39, 0.29) is 0 Å². The molecule has 1 heterocycles. The van der Waals surface area contributed by atoms with Crippen LogP contribution < -0.4 is 5.32 Å². The molecule has 2 aliphatic rings. The smallest absolute Gasteiger partial charge is 0.0434 e. The average Bonchev–Trinajstić information content (AvgIpc) is 2.98. The van der Waals surface area contributed by atoms with Crippen LogP contribution in [0.25, 0.3) is 0 Å². The number of aliphatic hydroxyl groups excluding tert-OH is 1. The zero-order chi connectivity index (χ0) is 12.8. The molecule has 0 radical (unpaired) electrons. The minimum absolute atomic E-state index is 0.364. The Morgan fingerprint density at radius 1 is 1.28 bits per heavy atom. The van der Waals surface area contributed by atoms with E-state index in [9.17, 15) is 0 Å². The quantitative estimate of drug-likeness (QED) is 0.728. The highest BCUT2D eigenvalue weighted by molar-refractivity contribution is 4.87. The van der Waals surface area contributed by atoms with Crippen molar-refractivity contribution >= 4 is 0 Å². The van der Waals surface area contributed by atoms with Crippen LogP contribution in [-0.2, 0) is 0 Å². The lowest BCUT2D eigenvalue weighted by Crippen LogP contribution is -2.39. The fourth-order valence-electron chi connectivity index (χ4n) is 3.68. The van der Waals surface area contributed by atoms with Crippen molar-refractivity contribution in [2.24, 2.45) is 11.8 Å². The summed E-state index contributed by atoms with van der Waals surface area (Å²) in [5, 5.41) is 12.7. The molecular formula is C15H30N2O. The minimum atomic E-state index is 0.364. The summed E-state index contributed by atoms with van der Waals surface area (Å²) >= 11 is 0. The van der Waals surface area contributed by atoms with Gasteiger partial charge in [0.2, 0.25) is 0 Å². The molecular weight excluding hydrogens is 224 g/mol. The van der Waals surface area contributed by atoms with E-state index in [0.29, 0.717) is 6.61 Å². The molecule has 1 saturated carbocycles. The maximum Gasteiger partial charge on any atom is 0.0434 e. The molecule has 0 spiro atoms. The van der Waals surface area contributed by atoms with Gasteiger partial charge in [0.15, 0.2) is 0 Å². The van der Waals surface area contributed by atoms with Crippen LogP contribution >= 0.6 is 0 Å². The van der Waals surface area contributed by atoms with Crippen molar-refractivity contribution in [1.82, 2.24) is 10.2 Å². The Morgan fingerprint density at radius 3 is 2.94 bits per heavy atom. The number of likely N-dealkylation sites (tertiary alicyclic amines) is 1. The Kier molecular flexibility index (Phi) is 5.93. The molecule has 1 aliphatic heterocycles. The van der Waals surface area contributed by atoms with E-state index >= 15 is 0 Å². The second-order valence-electron chi connectivity index (χ2n) is 6.18. The molecule has 2 N–H and O–H groups in total. The second kappa shape index (κ2) is 7.46. The first kappa shape index (κ1) is 14.3. The van der Waals surface area contributed by atoms with Gasteiger partial charge >= 0.3 is 0 Å². The van der Waals surface area contributed by atoms with Crippen LogP contribution in [0.3, 0.4) is 0 Å². The first-order chi connectivity index (χ1) is 8.83. The molecule has 1 saturated heterocycles. The molecule has 3 heteroatoms. The van der Waals surface area contributed by atoms with Crippen molar-refractivity contribution in [1.29, 1.82) is 0 Å². The molecule has 0 aromatic carbocycles. The van der Waals surface area contributed by atoms with Crippen LogP contribution in [0.1, 0.15) is 45.4 Å². The fraction of sp³-hybridized carbons (Fsp3) is 1.00. The number of rotatable bonds is 7. The van der Waals surface area contributed by atoms with E-state index in [0.717, 1.165) is 24.3 Å². The molecule has 0 aromatic rings. The summed E-state index contributed by atoms with van der Waals surface area (Å²) in [7, 11) is 0. The van der Waals surface area contributed by atoms with Gasteiger partial charge in [-0.05, 0) is 57.0 Å². The minimum Gasteiger partial charge on any atom is -0.396 e. The highest BCUT2D eigenvalue weighted by Gasteiger charge is 2.30. The SMILES string of the molecule is CCCNC1CCCC1CN1CCC(CCO)C1. The van der Waals surface area contributed by atoms with Gasteiger partial charge in [0, 0.05) is 25.7 Å². The Balaban J connectivity index is 1.72. The predicted octanol–water partition coefficient (Wildman–Crippen LogP) is 1.86. The third-order valence-corrected chi connectivity index (χ3v) is 4.72. The van der Waals surface area contributed by atoms with E-state index < -0.39 is 0 Å². The lowest BCUT2D eigenvalue weighted by atomic mass is 10.0. The van der Waals surface area contributed by atoms with Crippen molar-refractivity contribution in [3.63, 3.8) is 0 Å². The van der Waals surface area contributed by atoms with Crippen molar-refractivity contribution in [2.45, 2.75) is 51.5 Å². The molecule has 2 rings (SSSR count). The second-order valence-corrected chi connectivity index (χ2v) is 6.18. The monoisotopic (exact) mass is 254 g/mol. The predicted molar refractivity (Wildman–Crippen MR) is 75.7 cm³/mol. The Hall–Kier alpha value is -0.120. The third-order valence-electron chi connectivity index (χ3n) is 4.72. The molecule has 0 bridgehead atoms. The van der Waals surface area contributed by atoms with Crippen molar-refractivity contribution in [3.05, 3.63) is 0 Å². The first-order valence-electron chi connectivity index (χ1n) is 7.90. The van der Waals surface area contributed by atoms with Crippen LogP contribution in [-0.4, -0.2) is 48.8 Å². The van der Waals surface area contributed by atoms with Gasteiger partial charge in [-0.2, -0.15) is 0 Å². The summed E-state index contributed by atoms with van der Waals surface area (Å²) in [5.41, 5.74) is 0. The number of nitrogens with one attached hydrogen (secondary N) is 1. The van der Waals surface area contributed by atoms with Gasteiger partial charge in [0.25, 0.3) is 0 Å². The highest BCUT2D eigenvalue weighted by Crippen LogP contribution is 2.29. The van der Waals surface area contributed by atoms with Gasteiger partial charge in [-0.25, -0.2) is 0 Å². The normalized spacial score (nSPS) is 33.3. The first-order valence-corrected chi connectivity index (χ1v) is 7.90. The number of hydrogen-bond acceptors (Lipinski definition) is 3. The molecule has 3 unspecified atom stereocenters. The molecule has 106 valence electrons. The summed E-state index contributed by atoms with van der Waals surface area (Å²) in [5.74, 6) is 1.61. The van der Waals surface area contributed by atoms with Crippen LogP contribution in [0.15, 0.2) is 0 Å². The number of nitrogens with zero attached hydrogens (tertiary/aromatic N) is 1. The zero-order valence-corrected chi connectivity index (χ0v) is 11.9. The van der Waals surface area contributed by atoms with Gasteiger partial charge in [-0.15, -0.1) is 0 Å². The van der Waals surface area contributed by atoms with Crippen molar-refractivity contribution in [3.8, 4) is 0 Å². The molecule has 0 aromatic heterocycles. The van der Waals surface area contributed by atoms with Crippen LogP contribution in [0, 0.1) is 11.8 Å². The molecule has 1 aliphatic carbocycles. The van der Waals surface area contributed by atoms with E-state index in [4.69, 9.17) is 5.11 Å². The van der Waals surface area contributed by atoms with Crippen molar-refractivity contribution < 1.29 is 5.11 Å². The highest BCUT2D eigenvalue weighted by atomic mass is 16.3. The number of hydrogen-bond donors (Lipinski definition) is 2. The Labute approximate surface area is 112 Å². The average molecular weight is 254 g/mol. The van der Waals surface area contributed by atoms with Crippen LogP contribution in [0.2, 0.25) is 0 Å². The number of aliphatic hydroxyl groups is 1. The molecule has 18 heavy (non-hydrogen) atoms. The van der Waals surface area contributed by atoms with Crippen LogP contribution in [0.4, 0.5) is 0 Å². The van der Waals surface area contributed by atoms with E-state index in [2.05, 4.69) is 17.1 Å². The van der Waals surface area contributed by atoms with Gasteiger partial charge in [0.1, 0.15) is 0 Å². The van der Waals surface area contributed by atoms with E-state index in [1.807, 2.05) is 0 Å². The largest absolute Gasteiger partial charge is 0.396 e. The molecule has 3 nitrogen and oxygen atoms in total. The maximum atomic E-state index is 9.01. The Morgan fingerprint density at radius 2 is 2.17 bits per heavy atom. The molecule has 0 amide bonds. The van der Waals surface area contributed by atoms with E-state index in [1.54, 1.807) is 0 Å². The standard InChI is InChI=1S/C15H30N2O/c1-2-8-16-15-5-3-4-14(15)12-17-9-6-13(11-17)7-10-18/h13-16,18H,2-12H2,1H3. The van der Waals surface area contributed by atoms with Crippen molar-refractivity contribution in [2.75, 3.05) is 32.8 Å². The van der Waals surface area contributed by atoms with Gasteiger partial charge < -0.3 is 15.3 Å². The zero-order valence-electron chi connectivity index (χ0n) is 11.9. The fourth-order valence-corrected chi connectivity index (χ4v) is 3.68. The summed E-state index contributed by atoms with van der Waals surface area (Å²) in [6.45, 7) is 7.54. The summed E-state index contributed by atoms with van der Waals surface area (Å²) in [6, 6.07) is 0.766. The lowest BCUT2D eigenvalue weighted by molar-refractivity contribution is 0.228. The lowest BCUT2D eigenvalue weighted by Gasteiger charge is -2.26. The third kappa shape index (κ3) is 3.94. The van der Waals surface area contributed by atoms with Gasteiger partial charge in [-0.3, -0.25) is 0 Å². The van der Waals surface area contributed by atoms with Gasteiger partial charge in [-0.1, -0.05) is 13.3 Å². The maximum absolute atomic E-state index is 9.01. The summed E-state index contributed by atoms with van der Waals surface area (Å²) in [6.07, 6.45) is 7.71. The molecule has 3 atom stereocenters. The molecule has 2 fully saturated rings. The summed E-state index contributed by atoms with van der Waals surface area (Å²) < 4.78 is 0. The topological polar surface area (TPSA) is 35.5 Å². The summed E-state index contributed by atoms with van der Waals surface area (Å²) in [4.78, 5) is 2.64. The Bertz CT molecular complexity index is 235. The van der Waals surface area contributed by atoms with Gasteiger partial charge in [0.05, 0.1) is 0 Å². The van der Waals surface area contributed by atoms with E-state index in [1.165, 1.54) is 58.3 Å². The van der Waals surface area contributed by atoms with Crippen LogP contribution in [0.5, 0.6) is 0 Å².